The number of hydrogen-bond acceptors (Lipinski definition) is 2. The zero-order valence-electron chi connectivity index (χ0n) is 8.46. The van der Waals surface area contributed by atoms with E-state index in [0.29, 0.717) is 6.07 Å². The molecule has 0 saturated heterocycles. The second kappa shape index (κ2) is 4.70. The standard InChI is InChI=1S/C10H9F4NO2/c11-6-2-1-5(3-8(16)17)7(4-6)9(15)10(12,13)14/h1-2,4,9H,3,15H2,(H,16,17)/t9-/m1/s1. The number of benzene rings is 1. The van der Waals surface area contributed by atoms with Crippen LogP contribution in [-0.4, -0.2) is 17.3 Å². The Hall–Kier alpha value is -1.63. The van der Waals surface area contributed by atoms with E-state index in [-0.39, 0.29) is 5.56 Å². The lowest BCUT2D eigenvalue weighted by Gasteiger charge is -2.18. The number of carbonyl (C=O) groups is 1. The first-order chi connectivity index (χ1) is 7.71. The maximum Gasteiger partial charge on any atom is 0.407 e. The fraction of sp³-hybridized carbons (Fsp3) is 0.300. The second-order valence-electron chi connectivity index (χ2n) is 3.43. The van der Waals surface area contributed by atoms with Crippen molar-refractivity contribution in [2.75, 3.05) is 0 Å². The fourth-order valence-corrected chi connectivity index (χ4v) is 1.36. The molecule has 0 radical (unpaired) electrons. The summed E-state index contributed by atoms with van der Waals surface area (Å²) in [7, 11) is 0. The minimum Gasteiger partial charge on any atom is -0.481 e. The topological polar surface area (TPSA) is 63.3 Å². The van der Waals surface area contributed by atoms with E-state index in [0.717, 1.165) is 12.1 Å². The smallest absolute Gasteiger partial charge is 0.407 e. The Morgan fingerprint density at radius 1 is 1.41 bits per heavy atom. The van der Waals surface area contributed by atoms with Crippen LogP contribution in [0.25, 0.3) is 0 Å². The normalized spacial score (nSPS) is 13.5. The summed E-state index contributed by atoms with van der Waals surface area (Å²) in [5, 5.41) is 8.53. The highest BCUT2D eigenvalue weighted by atomic mass is 19.4. The molecule has 7 heteroatoms. The molecule has 1 aromatic rings. The molecule has 1 rings (SSSR count). The van der Waals surface area contributed by atoms with Crippen LogP contribution in [0, 0.1) is 5.82 Å². The zero-order chi connectivity index (χ0) is 13.2. The van der Waals surface area contributed by atoms with E-state index in [4.69, 9.17) is 10.8 Å². The van der Waals surface area contributed by atoms with Crippen molar-refractivity contribution in [3.8, 4) is 0 Å². The number of aliphatic carboxylic acids is 1. The maximum absolute atomic E-state index is 12.9. The number of rotatable bonds is 3. The molecule has 0 aliphatic heterocycles. The maximum atomic E-state index is 12.9. The SMILES string of the molecule is N[C@H](c1cc(F)ccc1CC(=O)O)C(F)(F)F. The molecule has 0 bridgehead atoms. The molecule has 0 unspecified atom stereocenters. The van der Waals surface area contributed by atoms with Crippen LogP contribution in [0.2, 0.25) is 0 Å². The van der Waals surface area contributed by atoms with Gasteiger partial charge in [0.15, 0.2) is 0 Å². The van der Waals surface area contributed by atoms with Crippen molar-refractivity contribution < 1.29 is 27.5 Å². The lowest BCUT2D eigenvalue weighted by molar-refractivity contribution is -0.149. The Morgan fingerprint density at radius 3 is 2.47 bits per heavy atom. The third kappa shape index (κ3) is 3.42. The van der Waals surface area contributed by atoms with Gasteiger partial charge in [-0.05, 0) is 23.3 Å². The zero-order valence-corrected chi connectivity index (χ0v) is 8.46. The van der Waals surface area contributed by atoms with E-state index in [2.05, 4.69) is 0 Å². The first-order valence-electron chi connectivity index (χ1n) is 4.54. The third-order valence-electron chi connectivity index (χ3n) is 2.14. The molecule has 0 aliphatic carbocycles. The van der Waals surface area contributed by atoms with Crippen LogP contribution >= 0.6 is 0 Å². The van der Waals surface area contributed by atoms with E-state index in [1.54, 1.807) is 0 Å². The van der Waals surface area contributed by atoms with E-state index in [9.17, 15) is 22.4 Å². The molecule has 0 aromatic heterocycles. The van der Waals surface area contributed by atoms with Gasteiger partial charge in [0.05, 0.1) is 6.42 Å². The van der Waals surface area contributed by atoms with Crippen LogP contribution in [0.4, 0.5) is 17.6 Å². The number of alkyl halides is 3. The molecule has 0 saturated carbocycles. The highest BCUT2D eigenvalue weighted by Gasteiger charge is 2.39. The van der Waals surface area contributed by atoms with Gasteiger partial charge < -0.3 is 10.8 Å². The number of carboxylic acid groups (broad SMARTS) is 1. The van der Waals surface area contributed by atoms with Gasteiger partial charge in [0.1, 0.15) is 11.9 Å². The van der Waals surface area contributed by atoms with Crippen LogP contribution in [0.5, 0.6) is 0 Å². The summed E-state index contributed by atoms with van der Waals surface area (Å²) in [5.74, 6) is -2.21. The highest BCUT2D eigenvalue weighted by molar-refractivity contribution is 5.70. The number of nitrogens with two attached hydrogens (primary N) is 1. The van der Waals surface area contributed by atoms with Crippen molar-refractivity contribution >= 4 is 5.97 Å². The summed E-state index contributed by atoms with van der Waals surface area (Å²) in [6.45, 7) is 0. The number of halogens is 4. The van der Waals surface area contributed by atoms with Gasteiger partial charge in [-0.2, -0.15) is 13.2 Å². The van der Waals surface area contributed by atoms with Crippen molar-refractivity contribution in [1.29, 1.82) is 0 Å². The average Bonchev–Trinajstić information content (AvgIpc) is 2.17. The fourth-order valence-electron chi connectivity index (χ4n) is 1.36. The molecule has 94 valence electrons. The first kappa shape index (κ1) is 13.4. The van der Waals surface area contributed by atoms with Gasteiger partial charge in [-0.3, -0.25) is 4.79 Å². The molecule has 17 heavy (non-hydrogen) atoms. The second-order valence-corrected chi connectivity index (χ2v) is 3.43. The molecule has 0 spiro atoms. The minimum atomic E-state index is -4.75. The van der Waals surface area contributed by atoms with Crippen molar-refractivity contribution in [2.45, 2.75) is 18.6 Å². The van der Waals surface area contributed by atoms with Gasteiger partial charge in [-0.25, -0.2) is 4.39 Å². The van der Waals surface area contributed by atoms with Crippen molar-refractivity contribution in [2.24, 2.45) is 5.73 Å². The largest absolute Gasteiger partial charge is 0.481 e. The Morgan fingerprint density at radius 2 is 2.00 bits per heavy atom. The Balaban J connectivity index is 3.19. The average molecular weight is 251 g/mol. The van der Waals surface area contributed by atoms with Gasteiger partial charge in [-0.1, -0.05) is 6.07 Å². The summed E-state index contributed by atoms with van der Waals surface area (Å²) in [5.41, 5.74) is 4.23. The van der Waals surface area contributed by atoms with Gasteiger partial charge in [-0.15, -0.1) is 0 Å². The molecular formula is C10H9F4NO2. The Kier molecular flexibility index (Phi) is 3.72. The molecule has 1 aromatic carbocycles. The predicted molar refractivity (Wildman–Crippen MR) is 50.7 cm³/mol. The molecule has 0 aliphatic rings. The van der Waals surface area contributed by atoms with E-state index >= 15 is 0 Å². The van der Waals surface area contributed by atoms with Crippen molar-refractivity contribution in [3.05, 3.63) is 35.1 Å². The summed E-state index contributed by atoms with van der Waals surface area (Å²) in [4.78, 5) is 10.5. The molecule has 0 heterocycles. The quantitative estimate of drug-likeness (QED) is 0.808. The summed E-state index contributed by atoms with van der Waals surface area (Å²) in [6, 6.07) is 0.0960. The summed E-state index contributed by atoms with van der Waals surface area (Å²) in [6.07, 6.45) is -5.39. The van der Waals surface area contributed by atoms with Crippen LogP contribution in [-0.2, 0) is 11.2 Å². The number of carboxylic acids is 1. The molecule has 0 amide bonds. The van der Waals surface area contributed by atoms with E-state index < -0.39 is 36.0 Å². The monoisotopic (exact) mass is 251 g/mol. The minimum absolute atomic E-state index is 0.149. The summed E-state index contributed by atoms with van der Waals surface area (Å²) < 4.78 is 50.0. The lowest BCUT2D eigenvalue weighted by atomic mass is 9.98. The Bertz CT molecular complexity index is 431. The lowest BCUT2D eigenvalue weighted by Crippen LogP contribution is -2.29. The van der Waals surface area contributed by atoms with Gasteiger partial charge >= 0.3 is 12.1 Å². The van der Waals surface area contributed by atoms with Crippen molar-refractivity contribution in [3.63, 3.8) is 0 Å². The number of hydrogen-bond donors (Lipinski definition) is 2. The van der Waals surface area contributed by atoms with Gasteiger partial charge in [0.25, 0.3) is 0 Å². The third-order valence-corrected chi connectivity index (χ3v) is 2.14. The predicted octanol–water partition coefficient (Wildman–Crippen LogP) is 2.01. The van der Waals surface area contributed by atoms with Crippen LogP contribution in [0.3, 0.4) is 0 Å². The molecule has 3 nitrogen and oxygen atoms in total. The van der Waals surface area contributed by atoms with E-state index in [1.165, 1.54) is 0 Å². The van der Waals surface area contributed by atoms with Crippen LogP contribution in [0.15, 0.2) is 18.2 Å². The van der Waals surface area contributed by atoms with E-state index in [1.807, 2.05) is 0 Å². The molecule has 0 fully saturated rings. The van der Waals surface area contributed by atoms with Gasteiger partial charge in [0, 0.05) is 0 Å². The highest BCUT2D eigenvalue weighted by Crippen LogP contribution is 2.32. The van der Waals surface area contributed by atoms with Gasteiger partial charge in [0.2, 0.25) is 0 Å². The van der Waals surface area contributed by atoms with Crippen molar-refractivity contribution in [1.82, 2.24) is 0 Å². The van der Waals surface area contributed by atoms with Crippen LogP contribution < -0.4 is 5.73 Å². The Labute approximate surface area is 93.8 Å². The molecular weight excluding hydrogens is 242 g/mol. The molecule has 3 N–H and O–H groups in total. The molecule has 1 atom stereocenters. The first-order valence-corrected chi connectivity index (χ1v) is 4.54. The van der Waals surface area contributed by atoms with Crippen LogP contribution in [0.1, 0.15) is 17.2 Å². The summed E-state index contributed by atoms with van der Waals surface area (Å²) >= 11 is 0.